The van der Waals surface area contributed by atoms with Gasteiger partial charge in [0.05, 0.1) is 10.6 Å². The highest BCUT2D eigenvalue weighted by atomic mass is 35.5. The van der Waals surface area contributed by atoms with Crippen LogP contribution in [0.2, 0.25) is 5.02 Å². The standard InChI is InChI=1S/C15H20ClNO4/c1-4-5-9(2)17-14(18)10(3)21-13-7-6-11(15(19)20)8-12(13)16/h6-10H,4-5H2,1-3H3,(H,17,18)(H,19,20). The molecule has 21 heavy (non-hydrogen) atoms. The van der Waals surface area contributed by atoms with Gasteiger partial charge in [-0.3, -0.25) is 4.79 Å². The first-order valence-corrected chi connectivity index (χ1v) is 7.22. The van der Waals surface area contributed by atoms with Gasteiger partial charge in [-0.1, -0.05) is 24.9 Å². The molecular formula is C15H20ClNO4. The maximum Gasteiger partial charge on any atom is 0.335 e. The van der Waals surface area contributed by atoms with Crippen LogP contribution in [0.1, 0.15) is 44.0 Å². The number of amides is 1. The van der Waals surface area contributed by atoms with Crippen LogP contribution < -0.4 is 10.1 Å². The third-order valence-corrected chi connectivity index (χ3v) is 3.26. The average Bonchev–Trinajstić information content (AvgIpc) is 2.40. The summed E-state index contributed by atoms with van der Waals surface area (Å²) in [4.78, 5) is 22.8. The van der Waals surface area contributed by atoms with Crippen molar-refractivity contribution in [1.29, 1.82) is 0 Å². The maximum absolute atomic E-state index is 11.9. The van der Waals surface area contributed by atoms with Gasteiger partial charge in [-0.15, -0.1) is 0 Å². The van der Waals surface area contributed by atoms with E-state index < -0.39 is 12.1 Å². The van der Waals surface area contributed by atoms with E-state index >= 15 is 0 Å². The quantitative estimate of drug-likeness (QED) is 0.811. The molecule has 0 bridgehead atoms. The Kier molecular flexibility index (Phi) is 6.49. The van der Waals surface area contributed by atoms with Crippen LogP contribution in [-0.4, -0.2) is 29.1 Å². The zero-order valence-electron chi connectivity index (χ0n) is 12.4. The van der Waals surface area contributed by atoms with Crippen LogP contribution in [-0.2, 0) is 4.79 Å². The molecule has 0 aliphatic rings. The first-order valence-electron chi connectivity index (χ1n) is 6.85. The number of ether oxygens (including phenoxy) is 1. The number of aromatic carboxylic acids is 1. The molecule has 0 saturated carbocycles. The molecule has 2 N–H and O–H groups in total. The highest BCUT2D eigenvalue weighted by Gasteiger charge is 2.18. The largest absolute Gasteiger partial charge is 0.479 e. The number of nitrogens with one attached hydrogen (secondary N) is 1. The molecule has 0 aromatic heterocycles. The van der Waals surface area contributed by atoms with E-state index in [9.17, 15) is 9.59 Å². The average molecular weight is 314 g/mol. The van der Waals surface area contributed by atoms with E-state index in [2.05, 4.69) is 5.32 Å². The zero-order valence-corrected chi connectivity index (χ0v) is 13.1. The van der Waals surface area contributed by atoms with Crippen LogP contribution in [0, 0.1) is 0 Å². The number of hydrogen-bond acceptors (Lipinski definition) is 3. The number of rotatable bonds is 7. The van der Waals surface area contributed by atoms with Crippen molar-refractivity contribution in [3.8, 4) is 5.75 Å². The van der Waals surface area contributed by atoms with Gasteiger partial charge >= 0.3 is 5.97 Å². The van der Waals surface area contributed by atoms with E-state index in [-0.39, 0.29) is 28.3 Å². The molecule has 0 fully saturated rings. The summed E-state index contributed by atoms with van der Waals surface area (Å²) in [5.74, 6) is -1.01. The van der Waals surface area contributed by atoms with E-state index in [0.29, 0.717) is 0 Å². The Morgan fingerprint density at radius 1 is 1.38 bits per heavy atom. The number of carboxylic acid groups (broad SMARTS) is 1. The smallest absolute Gasteiger partial charge is 0.335 e. The highest BCUT2D eigenvalue weighted by Crippen LogP contribution is 2.26. The lowest BCUT2D eigenvalue weighted by atomic mass is 10.2. The lowest BCUT2D eigenvalue weighted by Crippen LogP contribution is -2.41. The predicted molar refractivity (Wildman–Crippen MR) is 81.0 cm³/mol. The molecule has 1 aromatic rings. The Bertz CT molecular complexity index is 518. The summed E-state index contributed by atoms with van der Waals surface area (Å²) in [6.07, 6.45) is 1.17. The topological polar surface area (TPSA) is 75.6 Å². The van der Waals surface area contributed by atoms with Crippen LogP contribution in [0.15, 0.2) is 18.2 Å². The number of hydrogen-bond donors (Lipinski definition) is 2. The molecule has 116 valence electrons. The molecule has 0 saturated heterocycles. The lowest BCUT2D eigenvalue weighted by Gasteiger charge is -2.19. The van der Waals surface area contributed by atoms with Crippen LogP contribution in [0.25, 0.3) is 0 Å². The minimum absolute atomic E-state index is 0.0704. The number of benzene rings is 1. The second-order valence-electron chi connectivity index (χ2n) is 4.91. The van der Waals surface area contributed by atoms with Crippen LogP contribution in [0.5, 0.6) is 5.75 Å². The van der Waals surface area contributed by atoms with Crippen molar-refractivity contribution in [1.82, 2.24) is 5.32 Å². The normalized spacial score (nSPS) is 13.3. The Balaban J connectivity index is 2.68. The van der Waals surface area contributed by atoms with Crippen LogP contribution in [0.3, 0.4) is 0 Å². The number of carbonyl (C=O) groups excluding carboxylic acids is 1. The SMILES string of the molecule is CCCC(C)NC(=O)C(C)Oc1ccc(C(=O)O)cc1Cl. The molecule has 1 aromatic carbocycles. The van der Waals surface area contributed by atoms with Crippen molar-refractivity contribution >= 4 is 23.5 Å². The zero-order chi connectivity index (χ0) is 16.0. The van der Waals surface area contributed by atoms with Crippen LogP contribution >= 0.6 is 11.6 Å². The summed E-state index contributed by atoms with van der Waals surface area (Å²) in [7, 11) is 0. The summed E-state index contributed by atoms with van der Waals surface area (Å²) >= 11 is 5.96. The lowest BCUT2D eigenvalue weighted by molar-refractivity contribution is -0.127. The van der Waals surface area contributed by atoms with Crippen molar-refractivity contribution in [2.24, 2.45) is 0 Å². The van der Waals surface area contributed by atoms with Gasteiger partial charge in [-0.25, -0.2) is 4.79 Å². The molecule has 2 atom stereocenters. The molecule has 0 spiro atoms. The fourth-order valence-corrected chi connectivity index (χ4v) is 2.06. The first kappa shape index (κ1) is 17.3. The molecule has 2 unspecified atom stereocenters. The Morgan fingerprint density at radius 2 is 2.05 bits per heavy atom. The molecule has 0 aliphatic heterocycles. The van der Waals surface area contributed by atoms with Gasteiger partial charge in [-0.05, 0) is 38.5 Å². The van der Waals surface area contributed by atoms with Crippen molar-refractivity contribution in [3.63, 3.8) is 0 Å². The third kappa shape index (κ3) is 5.27. The molecule has 1 amide bonds. The second kappa shape index (κ2) is 7.88. The van der Waals surface area contributed by atoms with E-state index in [0.717, 1.165) is 12.8 Å². The summed E-state index contributed by atoms with van der Waals surface area (Å²) in [6, 6.07) is 4.21. The molecule has 0 aliphatic carbocycles. The van der Waals surface area contributed by atoms with Gasteiger partial charge in [0.1, 0.15) is 5.75 Å². The van der Waals surface area contributed by atoms with Crippen molar-refractivity contribution < 1.29 is 19.4 Å². The highest BCUT2D eigenvalue weighted by molar-refractivity contribution is 6.32. The van der Waals surface area contributed by atoms with Gasteiger partial charge in [-0.2, -0.15) is 0 Å². The van der Waals surface area contributed by atoms with Gasteiger partial charge < -0.3 is 15.2 Å². The summed E-state index contributed by atoms with van der Waals surface area (Å²) in [5, 5.41) is 11.9. The molecule has 5 nitrogen and oxygen atoms in total. The Hall–Kier alpha value is -1.75. The summed E-state index contributed by atoms with van der Waals surface area (Å²) in [5.41, 5.74) is 0.0704. The Morgan fingerprint density at radius 3 is 2.57 bits per heavy atom. The van der Waals surface area contributed by atoms with Crippen molar-refractivity contribution in [2.45, 2.75) is 45.8 Å². The fraction of sp³-hybridized carbons (Fsp3) is 0.467. The molecule has 6 heteroatoms. The van der Waals surface area contributed by atoms with Gasteiger partial charge in [0.2, 0.25) is 0 Å². The molecule has 0 radical (unpaired) electrons. The molecule has 1 rings (SSSR count). The monoisotopic (exact) mass is 313 g/mol. The number of halogens is 1. The van der Waals surface area contributed by atoms with E-state index in [1.165, 1.54) is 18.2 Å². The number of carboxylic acids is 1. The molecular weight excluding hydrogens is 294 g/mol. The summed E-state index contributed by atoms with van der Waals surface area (Å²) in [6.45, 7) is 5.60. The van der Waals surface area contributed by atoms with Crippen molar-refractivity contribution in [3.05, 3.63) is 28.8 Å². The second-order valence-corrected chi connectivity index (χ2v) is 5.32. The first-order chi connectivity index (χ1) is 9.85. The Labute approximate surface area is 129 Å². The minimum atomic E-state index is -1.07. The number of carbonyl (C=O) groups is 2. The third-order valence-electron chi connectivity index (χ3n) is 2.96. The van der Waals surface area contributed by atoms with E-state index in [1.807, 2.05) is 13.8 Å². The maximum atomic E-state index is 11.9. The van der Waals surface area contributed by atoms with Crippen molar-refractivity contribution in [2.75, 3.05) is 0 Å². The van der Waals surface area contributed by atoms with Gasteiger partial charge in [0, 0.05) is 6.04 Å². The summed E-state index contributed by atoms with van der Waals surface area (Å²) < 4.78 is 5.48. The fourth-order valence-electron chi connectivity index (χ4n) is 1.84. The predicted octanol–water partition coefficient (Wildman–Crippen LogP) is 3.11. The van der Waals surface area contributed by atoms with Crippen LogP contribution in [0.4, 0.5) is 0 Å². The van der Waals surface area contributed by atoms with Gasteiger partial charge in [0.25, 0.3) is 5.91 Å². The molecule has 0 heterocycles. The van der Waals surface area contributed by atoms with E-state index in [1.54, 1.807) is 6.92 Å². The van der Waals surface area contributed by atoms with E-state index in [4.69, 9.17) is 21.4 Å². The minimum Gasteiger partial charge on any atom is -0.479 e. The van der Waals surface area contributed by atoms with Gasteiger partial charge in [0.15, 0.2) is 6.10 Å².